The summed E-state index contributed by atoms with van der Waals surface area (Å²) in [6.45, 7) is 1.86. The molecular weight excluding hydrogens is 300 g/mol. The number of carboxylic acid groups (broad SMARTS) is 1. The van der Waals surface area contributed by atoms with E-state index in [4.69, 9.17) is 4.74 Å². The molecule has 6 heteroatoms. The van der Waals surface area contributed by atoms with E-state index < -0.39 is 5.97 Å². The highest BCUT2D eigenvalue weighted by Crippen LogP contribution is 2.21. The second kappa shape index (κ2) is 6.89. The van der Waals surface area contributed by atoms with Crippen molar-refractivity contribution in [1.29, 1.82) is 0 Å². The van der Waals surface area contributed by atoms with E-state index >= 15 is 0 Å². The Labute approximate surface area is 133 Å². The quantitative estimate of drug-likeness (QED) is 0.887. The van der Waals surface area contributed by atoms with E-state index in [9.17, 15) is 9.90 Å². The van der Waals surface area contributed by atoms with Crippen LogP contribution in [0.4, 0.5) is 0 Å². The van der Waals surface area contributed by atoms with Crippen LogP contribution in [-0.4, -0.2) is 33.5 Å². The Hall–Kier alpha value is -1.92. The summed E-state index contributed by atoms with van der Waals surface area (Å²) in [6, 6.07) is 9.27. The molecule has 0 unspecified atom stereocenters. The van der Waals surface area contributed by atoms with Crippen molar-refractivity contribution in [3.8, 4) is 5.75 Å². The van der Waals surface area contributed by atoms with Crippen molar-refractivity contribution in [2.45, 2.75) is 32.0 Å². The largest absolute Gasteiger partial charge is 0.486 e. The van der Waals surface area contributed by atoms with E-state index in [2.05, 4.69) is 4.98 Å². The average molecular weight is 318 g/mol. The molecule has 0 radical (unpaired) electrons. The molecule has 1 fully saturated rings. The van der Waals surface area contributed by atoms with Crippen LogP contribution in [0.15, 0.2) is 35.7 Å². The summed E-state index contributed by atoms with van der Waals surface area (Å²) in [6.07, 6.45) is 1.66. The number of hydrogen-bond acceptors (Lipinski definition) is 5. The van der Waals surface area contributed by atoms with Crippen LogP contribution in [0.1, 0.15) is 23.5 Å². The lowest BCUT2D eigenvalue weighted by molar-refractivity contribution is -0.142. The molecule has 5 nitrogen and oxygen atoms in total. The van der Waals surface area contributed by atoms with Crippen LogP contribution in [-0.2, 0) is 17.9 Å². The number of rotatable bonds is 6. The zero-order valence-corrected chi connectivity index (χ0v) is 13.0. The number of para-hydroxylation sites is 1. The third-order valence-electron chi connectivity index (χ3n) is 3.72. The van der Waals surface area contributed by atoms with Crippen molar-refractivity contribution >= 4 is 17.3 Å². The number of aromatic nitrogens is 1. The van der Waals surface area contributed by atoms with Crippen molar-refractivity contribution in [3.63, 3.8) is 0 Å². The van der Waals surface area contributed by atoms with Gasteiger partial charge < -0.3 is 9.84 Å². The van der Waals surface area contributed by atoms with E-state index in [1.54, 1.807) is 11.3 Å². The van der Waals surface area contributed by atoms with Crippen molar-refractivity contribution < 1.29 is 14.6 Å². The van der Waals surface area contributed by atoms with Crippen molar-refractivity contribution in [2.75, 3.05) is 6.54 Å². The summed E-state index contributed by atoms with van der Waals surface area (Å²) in [5.74, 6) is 0.0881. The summed E-state index contributed by atoms with van der Waals surface area (Å²) < 4.78 is 5.67. The first-order valence-electron chi connectivity index (χ1n) is 7.30. The Morgan fingerprint density at radius 1 is 1.41 bits per heavy atom. The van der Waals surface area contributed by atoms with Crippen LogP contribution in [0.2, 0.25) is 0 Å². The SMILES string of the molecule is O=C(O)[C@@H]1CCCN1Cc1csc(COc2ccccc2)n1. The molecule has 3 rings (SSSR count). The number of ether oxygens (including phenoxy) is 1. The maximum absolute atomic E-state index is 11.2. The van der Waals surface area contributed by atoms with Gasteiger partial charge >= 0.3 is 5.97 Å². The highest BCUT2D eigenvalue weighted by Gasteiger charge is 2.30. The molecule has 2 heterocycles. The minimum absolute atomic E-state index is 0.370. The highest BCUT2D eigenvalue weighted by molar-refractivity contribution is 7.09. The molecule has 1 aliphatic heterocycles. The third-order valence-corrected chi connectivity index (χ3v) is 4.59. The summed E-state index contributed by atoms with van der Waals surface area (Å²) in [5.41, 5.74) is 0.921. The van der Waals surface area contributed by atoms with Crippen LogP contribution < -0.4 is 4.74 Å². The van der Waals surface area contributed by atoms with Crippen LogP contribution >= 0.6 is 11.3 Å². The van der Waals surface area contributed by atoms with Gasteiger partial charge in [0.2, 0.25) is 0 Å². The Morgan fingerprint density at radius 2 is 2.23 bits per heavy atom. The number of aliphatic carboxylic acids is 1. The Morgan fingerprint density at radius 3 is 3.00 bits per heavy atom. The molecule has 0 bridgehead atoms. The number of nitrogens with zero attached hydrogens (tertiary/aromatic N) is 2. The smallest absolute Gasteiger partial charge is 0.320 e. The van der Waals surface area contributed by atoms with Crippen LogP contribution in [0.5, 0.6) is 5.75 Å². The number of thiazole rings is 1. The molecule has 2 aromatic rings. The lowest BCUT2D eigenvalue weighted by Gasteiger charge is -2.19. The van der Waals surface area contributed by atoms with Crippen LogP contribution in [0.3, 0.4) is 0 Å². The Kier molecular flexibility index (Phi) is 4.70. The van der Waals surface area contributed by atoms with E-state index in [1.165, 1.54) is 0 Å². The minimum Gasteiger partial charge on any atom is -0.486 e. The van der Waals surface area contributed by atoms with Crippen molar-refractivity contribution in [1.82, 2.24) is 9.88 Å². The fraction of sp³-hybridized carbons (Fsp3) is 0.375. The molecule has 1 atom stereocenters. The standard InChI is InChI=1S/C16H18N2O3S/c19-16(20)14-7-4-8-18(14)9-12-11-22-15(17-12)10-21-13-5-2-1-3-6-13/h1-3,5-6,11,14H,4,7-10H2,(H,19,20)/t14-/m0/s1. The van der Waals surface area contributed by atoms with Gasteiger partial charge in [0.25, 0.3) is 0 Å². The molecule has 0 spiro atoms. The van der Waals surface area contributed by atoms with Crippen molar-refractivity contribution in [2.24, 2.45) is 0 Å². The van der Waals surface area contributed by atoms with Gasteiger partial charge in [-0.15, -0.1) is 11.3 Å². The van der Waals surface area contributed by atoms with Gasteiger partial charge in [-0.1, -0.05) is 18.2 Å². The fourth-order valence-electron chi connectivity index (χ4n) is 2.65. The van der Waals surface area contributed by atoms with E-state index in [1.807, 2.05) is 40.6 Å². The number of hydrogen-bond donors (Lipinski definition) is 1. The molecule has 0 amide bonds. The predicted octanol–water partition coefficient (Wildman–Crippen LogP) is 2.77. The van der Waals surface area contributed by atoms with Gasteiger partial charge in [0.15, 0.2) is 0 Å². The van der Waals surface area contributed by atoms with Gasteiger partial charge in [-0.2, -0.15) is 0 Å². The summed E-state index contributed by atoms with van der Waals surface area (Å²) in [5, 5.41) is 12.1. The van der Waals surface area contributed by atoms with Gasteiger partial charge in [0, 0.05) is 11.9 Å². The maximum Gasteiger partial charge on any atom is 0.320 e. The van der Waals surface area contributed by atoms with Gasteiger partial charge in [-0.3, -0.25) is 9.69 Å². The molecule has 0 saturated carbocycles. The lowest BCUT2D eigenvalue weighted by atomic mass is 10.2. The summed E-state index contributed by atoms with van der Waals surface area (Å²) in [4.78, 5) is 17.7. The molecule has 1 saturated heterocycles. The van der Waals surface area contributed by atoms with Crippen LogP contribution in [0, 0.1) is 0 Å². The second-order valence-corrected chi connectivity index (χ2v) is 6.24. The Balaban J connectivity index is 1.56. The molecule has 1 aliphatic rings. The Bertz CT molecular complexity index is 629. The normalized spacial score (nSPS) is 18.5. The molecule has 116 valence electrons. The number of likely N-dealkylation sites (tertiary alicyclic amines) is 1. The number of carbonyl (C=O) groups is 1. The number of benzene rings is 1. The molecular formula is C16H18N2O3S. The van der Waals surface area contributed by atoms with Gasteiger partial charge in [-0.05, 0) is 31.5 Å². The monoisotopic (exact) mass is 318 g/mol. The van der Waals surface area contributed by atoms with Gasteiger partial charge in [0.05, 0.1) is 5.69 Å². The second-order valence-electron chi connectivity index (χ2n) is 5.30. The molecule has 1 aromatic carbocycles. The predicted molar refractivity (Wildman–Crippen MR) is 84.0 cm³/mol. The lowest BCUT2D eigenvalue weighted by Crippen LogP contribution is -2.35. The average Bonchev–Trinajstić information content (AvgIpc) is 3.16. The minimum atomic E-state index is -0.736. The topological polar surface area (TPSA) is 62.7 Å². The fourth-order valence-corrected chi connectivity index (χ4v) is 3.35. The first-order valence-corrected chi connectivity index (χ1v) is 8.18. The van der Waals surface area contributed by atoms with E-state index in [0.29, 0.717) is 13.2 Å². The van der Waals surface area contributed by atoms with E-state index in [-0.39, 0.29) is 6.04 Å². The first kappa shape index (κ1) is 15.0. The summed E-state index contributed by atoms with van der Waals surface area (Å²) >= 11 is 1.55. The van der Waals surface area contributed by atoms with Gasteiger partial charge in [0.1, 0.15) is 23.4 Å². The highest BCUT2D eigenvalue weighted by atomic mass is 32.1. The first-order chi connectivity index (χ1) is 10.7. The number of carboxylic acids is 1. The zero-order valence-electron chi connectivity index (χ0n) is 12.1. The molecule has 1 aromatic heterocycles. The third kappa shape index (κ3) is 3.64. The van der Waals surface area contributed by atoms with E-state index in [0.717, 1.165) is 35.8 Å². The zero-order chi connectivity index (χ0) is 15.4. The maximum atomic E-state index is 11.2. The summed E-state index contributed by atoms with van der Waals surface area (Å²) in [7, 11) is 0. The van der Waals surface area contributed by atoms with Crippen molar-refractivity contribution in [3.05, 3.63) is 46.4 Å². The molecule has 0 aliphatic carbocycles. The molecule has 22 heavy (non-hydrogen) atoms. The molecule has 1 N–H and O–H groups in total. The van der Waals surface area contributed by atoms with Gasteiger partial charge in [-0.25, -0.2) is 4.98 Å². The van der Waals surface area contributed by atoms with Crippen LogP contribution in [0.25, 0.3) is 0 Å².